The molecule has 0 aliphatic heterocycles. The largest absolute Gasteiger partial charge is 0.421 e. The van der Waals surface area contributed by atoms with Gasteiger partial charge < -0.3 is 4.80 Å². The van der Waals surface area contributed by atoms with Crippen molar-refractivity contribution in [1.82, 2.24) is 0 Å². The van der Waals surface area contributed by atoms with Crippen molar-refractivity contribution in [2.24, 2.45) is 0 Å². The second-order valence-corrected chi connectivity index (χ2v) is 9.88. The molecule has 3 aromatic carbocycles. The number of hydrogen-bond donors (Lipinski definition) is 1. The van der Waals surface area contributed by atoms with Crippen LogP contribution in [0.3, 0.4) is 0 Å². The second-order valence-electron chi connectivity index (χ2n) is 6.84. The van der Waals surface area contributed by atoms with Crippen LogP contribution in [0.5, 0.6) is 0 Å². The van der Waals surface area contributed by atoms with Gasteiger partial charge in [-0.15, -0.1) is 0 Å². The lowest BCUT2D eigenvalue weighted by molar-refractivity contribution is -0.137. The highest BCUT2D eigenvalue weighted by molar-refractivity contribution is 7.06. The molecular formula is C21H13F9OSi. The Morgan fingerprint density at radius 2 is 0.656 bits per heavy atom. The maximum atomic E-state index is 13.7. The molecule has 3 rings (SSSR count). The molecule has 0 saturated carbocycles. The van der Waals surface area contributed by atoms with Gasteiger partial charge in [-0.3, -0.25) is 0 Å². The van der Waals surface area contributed by atoms with E-state index in [1.807, 2.05) is 0 Å². The molecule has 0 bridgehead atoms. The standard InChI is InChI=1S/C21H13F9OSi/c22-19(23,24)13-7-1-4-10-16(13)32(31,17-11-5-2-8-14(17)20(25,26)27)18-12-6-3-9-15(18)21(28,29)30/h1-12,31H. The number of benzene rings is 3. The number of hydrogen-bond acceptors (Lipinski definition) is 1. The topological polar surface area (TPSA) is 20.2 Å². The van der Waals surface area contributed by atoms with Gasteiger partial charge in [-0.2, -0.15) is 39.5 Å². The van der Waals surface area contributed by atoms with Crippen molar-refractivity contribution >= 4 is 23.9 Å². The summed E-state index contributed by atoms with van der Waals surface area (Å²) in [5, 5.41) is -3.08. The van der Waals surface area contributed by atoms with Gasteiger partial charge in [-0.1, -0.05) is 72.8 Å². The zero-order chi connectivity index (χ0) is 23.9. The van der Waals surface area contributed by atoms with Crippen LogP contribution in [0.1, 0.15) is 16.7 Å². The van der Waals surface area contributed by atoms with E-state index in [4.69, 9.17) is 0 Å². The first kappa shape index (κ1) is 23.9. The smallest absolute Gasteiger partial charge is 0.416 e. The van der Waals surface area contributed by atoms with Crippen LogP contribution in [0.4, 0.5) is 39.5 Å². The first-order chi connectivity index (χ1) is 14.7. The summed E-state index contributed by atoms with van der Waals surface area (Å²) in [4.78, 5) is 11.7. The van der Waals surface area contributed by atoms with Gasteiger partial charge >= 0.3 is 18.5 Å². The Balaban J connectivity index is 2.54. The first-order valence-electron chi connectivity index (χ1n) is 8.91. The summed E-state index contributed by atoms with van der Waals surface area (Å²) in [5.74, 6) is 0. The van der Waals surface area contributed by atoms with E-state index in [9.17, 15) is 44.3 Å². The van der Waals surface area contributed by atoms with E-state index in [0.717, 1.165) is 54.6 Å². The summed E-state index contributed by atoms with van der Waals surface area (Å²) < 4.78 is 124. The Kier molecular flexibility index (Phi) is 5.94. The average molecular weight is 480 g/mol. The van der Waals surface area contributed by atoms with Crippen LogP contribution in [-0.4, -0.2) is 13.1 Å². The highest BCUT2D eigenvalue weighted by atomic mass is 28.4. The number of rotatable bonds is 3. The molecule has 1 nitrogen and oxygen atoms in total. The van der Waals surface area contributed by atoms with E-state index in [1.165, 1.54) is 0 Å². The number of alkyl halides is 9. The summed E-state index contributed by atoms with van der Waals surface area (Å²) in [5.41, 5.74) is -4.53. The Labute approximate surface area is 176 Å². The zero-order valence-electron chi connectivity index (χ0n) is 15.8. The van der Waals surface area contributed by atoms with Crippen LogP contribution in [-0.2, 0) is 18.5 Å². The predicted molar refractivity (Wildman–Crippen MR) is 101 cm³/mol. The van der Waals surface area contributed by atoms with Crippen molar-refractivity contribution in [2.45, 2.75) is 18.5 Å². The van der Waals surface area contributed by atoms with Crippen LogP contribution in [0.25, 0.3) is 0 Å². The van der Waals surface area contributed by atoms with Crippen molar-refractivity contribution < 1.29 is 44.3 Å². The Hall–Kier alpha value is -2.79. The van der Waals surface area contributed by atoms with Gasteiger partial charge in [0.2, 0.25) is 0 Å². The van der Waals surface area contributed by atoms with Crippen molar-refractivity contribution in [1.29, 1.82) is 0 Å². The lowest BCUT2D eigenvalue weighted by Gasteiger charge is -2.33. The zero-order valence-corrected chi connectivity index (χ0v) is 16.8. The maximum Gasteiger partial charge on any atom is 0.416 e. The molecule has 3 aromatic rings. The molecule has 0 aromatic heterocycles. The minimum atomic E-state index is -5.50. The molecular weight excluding hydrogens is 467 g/mol. The molecule has 0 saturated heterocycles. The van der Waals surface area contributed by atoms with Gasteiger partial charge in [0.25, 0.3) is 8.32 Å². The molecule has 0 fully saturated rings. The quantitative estimate of drug-likeness (QED) is 0.327. The molecule has 0 aliphatic rings. The molecule has 0 radical (unpaired) electrons. The molecule has 0 aliphatic carbocycles. The van der Waals surface area contributed by atoms with E-state index in [1.54, 1.807) is 0 Å². The predicted octanol–water partition coefficient (Wildman–Crippen LogP) is 4.70. The Bertz CT molecular complexity index is 978. The fraction of sp³-hybridized carbons (Fsp3) is 0.143. The van der Waals surface area contributed by atoms with E-state index >= 15 is 0 Å². The third-order valence-electron chi connectivity index (χ3n) is 4.87. The molecule has 0 unspecified atom stereocenters. The Morgan fingerprint density at radius 3 is 0.875 bits per heavy atom. The highest BCUT2D eigenvalue weighted by Gasteiger charge is 2.52. The lowest BCUT2D eigenvalue weighted by atomic mass is 10.2. The third-order valence-corrected chi connectivity index (χ3v) is 8.51. The third kappa shape index (κ3) is 4.26. The van der Waals surface area contributed by atoms with Gasteiger partial charge in [0.05, 0.1) is 16.7 Å². The van der Waals surface area contributed by atoms with Crippen molar-refractivity contribution in [3.05, 3.63) is 89.5 Å². The minimum absolute atomic E-state index is 0.514. The van der Waals surface area contributed by atoms with Gasteiger partial charge in [-0.25, -0.2) is 0 Å². The van der Waals surface area contributed by atoms with Crippen LogP contribution >= 0.6 is 0 Å². The minimum Gasteiger partial charge on any atom is -0.421 e. The lowest BCUT2D eigenvalue weighted by Crippen LogP contribution is -2.71. The van der Waals surface area contributed by atoms with E-state index in [0.29, 0.717) is 18.2 Å². The van der Waals surface area contributed by atoms with Crippen molar-refractivity contribution in [2.75, 3.05) is 0 Å². The highest BCUT2D eigenvalue weighted by Crippen LogP contribution is 2.34. The maximum absolute atomic E-state index is 13.7. The van der Waals surface area contributed by atoms with Gasteiger partial charge in [0.15, 0.2) is 0 Å². The molecule has 0 atom stereocenters. The van der Waals surface area contributed by atoms with Crippen LogP contribution in [0, 0.1) is 0 Å². The molecule has 0 heterocycles. The summed E-state index contributed by atoms with van der Waals surface area (Å²) >= 11 is 0. The molecule has 1 N–H and O–H groups in total. The number of halogens is 9. The van der Waals surface area contributed by atoms with E-state index in [2.05, 4.69) is 0 Å². The van der Waals surface area contributed by atoms with Gasteiger partial charge in [-0.05, 0) is 15.6 Å². The molecule has 0 spiro atoms. The van der Waals surface area contributed by atoms with Crippen molar-refractivity contribution in [3.8, 4) is 0 Å². The fourth-order valence-electron chi connectivity index (χ4n) is 3.57. The fourth-order valence-corrected chi connectivity index (χ4v) is 7.30. The molecule has 32 heavy (non-hydrogen) atoms. The molecule has 0 amide bonds. The van der Waals surface area contributed by atoms with E-state index in [-0.39, 0.29) is 0 Å². The first-order valence-corrected chi connectivity index (χ1v) is 10.9. The second kappa shape index (κ2) is 7.96. The summed E-state index contributed by atoms with van der Waals surface area (Å²) in [6, 6.07) is 9.57. The molecule has 170 valence electrons. The average Bonchev–Trinajstić information content (AvgIpc) is 2.71. The van der Waals surface area contributed by atoms with Crippen LogP contribution in [0.15, 0.2) is 72.8 Å². The van der Waals surface area contributed by atoms with Crippen LogP contribution < -0.4 is 15.6 Å². The molecule has 11 heteroatoms. The Morgan fingerprint density at radius 1 is 0.438 bits per heavy atom. The summed E-state index contributed by atoms with van der Waals surface area (Å²) in [7, 11) is -5.50. The SMILES string of the molecule is O[Si](c1ccccc1C(F)(F)F)(c1ccccc1C(F)(F)F)c1ccccc1C(F)(F)F. The van der Waals surface area contributed by atoms with Gasteiger partial charge in [0.1, 0.15) is 0 Å². The summed E-state index contributed by atoms with van der Waals surface area (Å²) in [6.45, 7) is 0. The van der Waals surface area contributed by atoms with Gasteiger partial charge in [0, 0.05) is 0 Å². The van der Waals surface area contributed by atoms with E-state index < -0.39 is 59.1 Å². The van der Waals surface area contributed by atoms with Crippen molar-refractivity contribution in [3.63, 3.8) is 0 Å². The van der Waals surface area contributed by atoms with Crippen LogP contribution in [0.2, 0.25) is 0 Å². The summed E-state index contributed by atoms with van der Waals surface area (Å²) in [6.07, 6.45) is -15.4. The monoisotopic (exact) mass is 480 g/mol. The normalized spacial score (nSPS) is 13.3.